The summed E-state index contributed by atoms with van der Waals surface area (Å²) in [6.07, 6.45) is 3.62. The van der Waals surface area contributed by atoms with Crippen molar-refractivity contribution in [3.63, 3.8) is 0 Å². The molecule has 11 heavy (non-hydrogen) atoms. The van der Waals surface area contributed by atoms with E-state index < -0.39 is 0 Å². The van der Waals surface area contributed by atoms with Gasteiger partial charge in [-0.05, 0) is 17.5 Å². The first-order valence-corrected chi connectivity index (χ1v) is 4.20. The number of nitrogens with zero attached hydrogens (tertiary/aromatic N) is 1. The summed E-state index contributed by atoms with van der Waals surface area (Å²) in [5.74, 6) is 0. The van der Waals surface area contributed by atoms with Gasteiger partial charge in [-0.25, -0.2) is 0 Å². The van der Waals surface area contributed by atoms with E-state index in [9.17, 15) is 0 Å². The fourth-order valence-corrected chi connectivity index (χ4v) is 1.56. The van der Waals surface area contributed by atoms with Crippen molar-refractivity contribution >= 4 is 11.3 Å². The van der Waals surface area contributed by atoms with Gasteiger partial charge >= 0.3 is 0 Å². The summed E-state index contributed by atoms with van der Waals surface area (Å²) in [5, 5.41) is 2.02. The van der Waals surface area contributed by atoms with Crippen LogP contribution in [0.3, 0.4) is 0 Å². The Balaban J connectivity index is 2.46. The van der Waals surface area contributed by atoms with Crippen LogP contribution in [0.4, 0.5) is 0 Å². The minimum absolute atomic E-state index is 1.14. The molecule has 0 aliphatic heterocycles. The average Bonchev–Trinajstić information content (AvgIpc) is 2.58. The van der Waals surface area contributed by atoms with Crippen LogP contribution >= 0.6 is 11.3 Å². The van der Waals surface area contributed by atoms with Crippen LogP contribution < -0.4 is 0 Å². The SMILES string of the molecule is [c]1ccsc1-c1cccnc1. The van der Waals surface area contributed by atoms with Gasteiger partial charge in [0.2, 0.25) is 0 Å². The minimum atomic E-state index is 1.14. The van der Waals surface area contributed by atoms with Gasteiger partial charge in [-0.15, -0.1) is 11.3 Å². The molecule has 2 heterocycles. The number of thiophene rings is 1. The van der Waals surface area contributed by atoms with Crippen LogP contribution in [-0.4, -0.2) is 4.98 Å². The molecular formula is C9H6NS. The van der Waals surface area contributed by atoms with E-state index in [1.54, 1.807) is 17.5 Å². The van der Waals surface area contributed by atoms with Gasteiger partial charge in [0.15, 0.2) is 0 Å². The fraction of sp³-hybridized carbons (Fsp3) is 0. The molecule has 0 spiro atoms. The zero-order valence-corrected chi connectivity index (χ0v) is 6.64. The lowest BCUT2D eigenvalue weighted by Gasteiger charge is -1.92. The Bertz CT molecular complexity index is 313. The molecule has 2 aromatic heterocycles. The van der Waals surface area contributed by atoms with Gasteiger partial charge in [-0.1, -0.05) is 6.07 Å². The Kier molecular flexibility index (Phi) is 1.69. The van der Waals surface area contributed by atoms with E-state index in [1.807, 2.05) is 29.8 Å². The molecule has 0 aliphatic carbocycles. The zero-order chi connectivity index (χ0) is 7.52. The summed E-state index contributed by atoms with van der Waals surface area (Å²) in [5.41, 5.74) is 1.14. The standard InChI is InChI=1S/C9H6NS/c1-3-8(7-10-5-1)9-4-2-6-11-9/h1-3,5-7H. The molecule has 0 bridgehead atoms. The first kappa shape index (κ1) is 6.55. The molecule has 0 aliphatic rings. The van der Waals surface area contributed by atoms with E-state index in [2.05, 4.69) is 11.1 Å². The maximum atomic E-state index is 4.03. The van der Waals surface area contributed by atoms with E-state index in [0.29, 0.717) is 0 Å². The highest BCUT2D eigenvalue weighted by molar-refractivity contribution is 7.13. The molecule has 0 saturated carbocycles. The highest BCUT2D eigenvalue weighted by Crippen LogP contribution is 2.21. The largest absolute Gasteiger partial charge is 0.264 e. The van der Waals surface area contributed by atoms with E-state index in [4.69, 9.17) is 0 Å². The summed E-state index contributed by atoms with van der Waals surface area (Å²) < 4.78 is 0. The van der Waals surface area contributed by atoms with E-state index in [1.165, 1.54) is 0 Å². The number of hydrogen-bond acceptors (Lipinski definition) is 2. The summed E-state index contributed by atoms with van der Waals surface area (Å²) in [7, 11) is 0. The fourth-order valence-electron chi connectivity index (χ4n) is 0.894. The van der Waals surface area contributed by atoms with Crippen LogP contribution in [0, 0.1) is 6.07 Å². The lowest BCUT2D eigenvalue weighted by Crippen LogP contribution is -1.72. The monoisotopic (exact) mass is 160 g/mol. The van der Waals surface area contributed by atoms with Gasteiger partial charge in [0.05, 0.1) is 0 Å². The van der Waals surface area contributed by atoms with Crippen molar-refractivity contribution in [3.05, 3.63) is 42.0 Å². The Hall–Kier alpha value is -1.15. The molecule has 0 saturated heterocycles. The van der Waals surface area contributed by atoms with Crippen molar-refractivity contribution in [2.45, 2.75) is 0 Å². The minimum Gasteiger partial charge on any atom is -0.264 e. The van der Waals surface area contributed by atoms with Crippen molar-refractivity contribution in [1.29, 1.82) is 0 Å². The van der Waals surface area contributed by atoms with Gasteiger partial charge in [0.1, 0.15) is 0 Å². The van der Waals surface area contributed by atoms with Crippen LogP contribution in [-0.2, 0) is 0 Å². The van der Waals surface area contributed by atoms with Crippen LogP contribution in [0.1, 0.15) is 0 Å². The van der Waals surface area contributed by atoms with Crippen molar-refractivity contribution in [3.8, 4) is 10.4 Å². The van der Waals surface area contributed by atoms with Gasteiger partial charge in [0, 0.05) is 28.9 Å². The second-order valence-electron chi connectivity index (χ2n) is 2.14. The Morgan fingerprint density at radius 1 is 1.45 bits per heavy atom. The summed E-state index contributed by atoms with van der Waals surface area (Å²) >= 11 is 1.68. The second-order valence-corrected chi connectivity index (χ2v) is 3.05. The third kappa shape index (κ3) is 1.30. The van der Waals surface area contributed by atoms with Crippen LogP contribution in [0.25, 0.3) is 10.4 Å². The summed E-state index contributed by atoms with van der Waals surface area (Å²) in [6, 6.07) is 9.03. The Morgan fingerprint density at radius 3 is 3.09 bits per heavy atom. The summed E-state index contributed by atoms with van der Waals surface area (Å²) in [4.78, 5) is 5.18. The molecular weight excluding hydrogens is 154 g/mol. The smallest absolute Gasteiger partial charge is 0.0437 e. The zero-order valence-electron chi connectivity index (χ0n) is 5.82. The van der Waals surface area contributed by atoms with E-state index >= 15 is 0 Å². The lowest BCUT2D eigenvalue weighted by molar-refractivity contribution is 1.33. The first-order chi connectivity index (χ1) is 5.47. The summed E-state index contributed by atoms with van der Waals surface area (Å²) in [6.45, 7) is 0. The highest BCUT2D eigenvalue weighted by atomic mass is 32.1. The van der Waals surface area contributed by atoms with E-state index in [0.717, 1.165) is 10.4 Å². The maximum Gasteiger partial charge on any atom is 0.0437 e. The molecule has 0 amide bonds. The third-order valence-corrected chi connectivity index (χ3v) is 2.25. The molecule has 1 nitrogen and oxygen atoms in total. The maximum absolute atomic E-state index is 4.03. The van der Waals surface area contributed by atoms with E-state index in [-0.39, 0.29) is 0 Å². The average molecular weight is 160 g/mol. The molecule has 0 unspecified atom stereocenters. The molecule has 2 rings (SSSR count). The van der Waals surface area contributed by atoms with Crippen molar-refractivity contribution in [1.82, 2.24) is 4.98 Å². The first-order valence-electron chi connectivity index (χ1n) is 3.32. The number of hydrogen-bond donors (Lipinski definition) is 0. The second kappa shape index (κ2) is 2.84. The molecule has 0 N–H and O–H groups in total. The van der Waals surface area contributed by atoms with Gasteiger partial charge in [-0.3, -0.25) is 4.98 Å². The van der Waals surface area contributed by atoms with Crippen molar-refractivity contribution in [2.24, 2.45) is 0 Å². The number of rotatable bonds is 1. The third-order valence-electron chi connectivity index (χ3n) is 1.39. The number of pyridine rings is 1. The molecule has 2 heteroatoms. The molecule has 0 aromatic carbocycles. The van der Waals surface area contributed by atoms with Crippen LogP contribution in [0.15, 0.2) is 36.0 Å². The highest BCUT2D eigenvalue weighted by Gasteiger charge is 1.95. The van der Waals surface area contributed by atoms with Crippen LogP contribution in [0.5, 0.6) is 0 Å². The van der Waals surface area contributed by atoms with Crippen molar-refractivity contribution in [2.75, 3.05) is 0 Å². The lowest BCUT2D eigenvalue weighted by atomic mass is 10.2. The van der Waals surface area contributed by atoms with Crippen LogP contribution in [0.2, 0.25) is 0 Å². The molecule has 53 valence electrons. The molecule has 2 aromatic rings. The Labute approximate surface area is 69.3 Å². The predicted molar refractivity (Wildman–Crippen MR) is 46.4 cm³/mol. The molecule has 1 radical (unpaired) electrons. The molecule has 0 fully saturated rings. The van der Waals surface area contributed by atoms with Gasteiger partial charge < -0.3 is 0 Å². The van der Waals surface area contributed by atoms with Gasteiger partial charge in [-0.2, -0.15) is 0 Å². The number of aromatic nitrogens is 1. The topological polar surface area (TPSA) is 12.9 Å². The quantitative estimate of drug-likeness (QED) is 0.625. The van der Waals surface area contributed by atoms with Gasteiger partial charge in [0.25, 0.3) is 0 Å². The van der Waals surface area contributed by atoms with Crippen molar-refractivity contribution < 1.29 is 0 Å². The normalized spacial score (nSPS) is 9.82. The Morgan fingerprint density at radius 2 is 2.45 bits per heavy atom. The predicted octanol–water partition coefficient (Wildman–Crippen LogP) is 2.61. The molecule has 0 atom stereocenters.